The van der Waals surface area contributed by atoms with E-state index in [0.717, 1.165) is 19.1 Å². The minimum atomic E-state index is -3.63. The first-order valence-electron chi connectivity index (χ1n) is 17.6. The van der Waals surface area contributed by atoms with Gasteiger partial charge in [-0.25, -0.2) is 19.3 Å². The Bertz CT molecular complexity index is 2230. The molecular formula is C38H44N7O12P. The van der Waals surface area contributed by atoms with E-state index in [1.165, 1.54) is 18.3 Å². The van der Waals surface area contributed by atoms with E-state index in [1.807, 2.05) is 0 Å². The number of hydrogen-bond donors (Lipinski definition) is 5. The van der Waals surface area contributed by atoms with Gasteiger partial charge in [-0.1, -0.05) is 24.3 Å². The van der Waals surface area contributed by atoms with E-state index in [1.54, 1.807) is 74.5 Å². The molecule has 0 bridgehead atoms. The number of rotatable bonds is 18. The predicted molar refractivity (Wildman–Crippen MR) is 212 cm³/mol. The average molecular weight is 822 g/mol. The van der Waals surface area contributed by atoms with Crippen LogP contribution in [0.25, 0.3) is 11.2 Å². The van der Waals surface area contributed by atoms with Crippen molar-refractivity contribution in [2.75, 3.05) is 31.4 Å². The van der Waals surface area contributed by atoms with Crippen molar-refractivity contribution in [3.05, 3.63) is 112 Å². The summed E-state index contributed by atoms with van der Waals surface area (Å²) in [5, 5.41) is 10.1. The Morgan fingerprint density at radius 3 is 2.22 bits per heavy atom. The van der Waals surface area contributed by atoms with Gasteiger partial charge in [0, 0.05) is 31.2 Å². The molecule has 5 rings (SSSR count). The van der Waals surface area contributed by atoms with Crippen molar-refractivity contribution in [3.63, 3.8) is 0 Å². The summed E-state index contributed by atoms with van der Waals surface area (Å²) in [4.78, 5) is 72.3. The molecule has 5 aromatic rings. The lowest BCUT2D eigenvalue weighted by atomic mass is 10.2. The van der Waals surface area contributed by atoms with Crippen LogP contribution in [0.1, 0.15) is 65.1 Å². The van der Waals surface area contributed by atoms with E-state index in [-0.39, 0.29) is 66.8 Å². The van der Waals surface area contributed by atoms with E-state index >= 15 is 0 Å². The Morgan fingerprint density at radius 2 is 1.59 bits per heavy atom. The van der Waals surface area contributed by atoms with Crippen molar-refractivity contribution in [2.24, 2.45) is 5.73 Å². The molecule has 0 fully saturated rings. The van der Waals surface area contributed by atoms with Crippen LogP contribution in [0.4, 0.5) is 11.6 Å². The lowest BCUT2D eigenvalue weighted by molar-refractivity contribution is -0.134. The molecule has 0 atom stereocenters. The molecule has 0 saturated heterocycles. The highest BCUT2D eigenvalue weighted by atomic mass is 31.2. The number of phosphoric acid groups is 1. The summed E-state index contributed by atoms with van der Waals surface area (Å²) in [5.74, 6) is -1.40. The van der Waals surface area contributed by atoms with Crippen LogP contribution in [-0.4, -0.2) is 69.5 Å². The number of fused-ring (bicyclic) bond motifs is 1. The third-order valence-corrected chi connectivity index (χ3v) is 8.85. The number of phosphoric ester groups is 1. The first kappa shape index (κ1) is 46.0. The number of benzene rings is 3. The molecule has 308 valence electrons. The molecule has 3 aromatic carbocycles. The second-order valence-electron chi connectivity index (χ2n) is 11.4. The summed E-state index contributed by atoms with van der Waals surface area (Å²) >= 11 is 0. The van der Waals surface area contributed by atoms with Crippen LogP contribution in [0.2, 0.25) is 0 Å². The molecular weight excluding hydrogens is 777 g/mol. The van der Waals surface area contributed by atoms with Gasteiger partial charge in [-0.05, 0) is 74.4 Å². The minimum Gasteiger partial charge on any atom is -0.426 e. The highest BCUT2D eigenvalue weighted by Gasteiger charge is 2.25. The molecule has 0 spiro atoms. The highest BCUT2D eigenvalue weighted by molar-refractivity contribution is 7.48. The molecule has 1 amide bonds. The summed E-state index contributed by atoms with van der Waals surface area (Å²) in [6, 6.07) is 19.3. The zero-order chi connectivity index (χ0) is 42.5. The molecule has 2 aromatic heterocycles. The molecule has 20 heteroatoms. The number of carbonyl (C=O) groups is 4. The van der Waals surface area contributed by atoms with Crippen LogP contribution >= 0.6 is 7.82 Å². The van der Waals surface area contributed by atoms with Crippen molar-refractivity contribution in [1.29, 1.82) is 0 Å². The Labute approximate surface area is 332 Å². The average Bonchev–Trinajstić information content (AvgIpc) is 3.21. The number of para-hydroxylation sites is 1. The number of unbranched alkanes of at least 4 members (excludes halogenated alkanes) is 1. The quantitative estimate of drug-likeness (QED) is 0.0267. The van der Waals surface area contributed by atoms with Crippen molar-refractivity contribution >= 4 is 54.8 Å². The number of anilines is 2. The number of primary amides is 1. The zero-order valence-corrected chi connectivity index (χ0v) is 32.8. The van der Waals surface area contributed by atoms with Crippen LogP contribution in [-0.2, 0) is 40.9 Å². The lowest BCUT2D eigenvalue weighted by Crippen LogP contribution is -2.15. The first-order chi connectivity index (χ1) is 27.9. The summed E-state index contributed by atoms with van der Waals surface area (Å²) in [7, 11) is -2.63. The van der Waals surface area contributed by atoms with Gasteiger partial charge in [0.15, 0.2) is 11.2 Å². The number of aromatic nitrogens is 4. The molecule has 0 radical (unpaired) electrons. The number of aliphatic hydroxyl groups is 1. The van der Waals surface area contributed by atoms with Gasteiger partial charge in [0.2, 0.25) is 11.9 Å². The molecule has 0 aliphatic rings. The third-order valence-electron chi connectivity index (χ3n) is 7.26. The molecule has 0 aliphatic heterocycles. The number of H-pyrrole nitrogens is 1. The van der Waals surface area contributed by atoms with Crippen molar-refractivity contribution < 1.29 is 51.9 Å². The normalized spacial score (nSPS) is 10.6. The minimum absolute atomic E-state index is 0.00258. The topological polar surface area (TPSA) is 287 Å². The van der Waals surface area contributed by atoms with Crippen LogP contribution in [0.3, 0.4) is 0 Å². The number of ether oxygens (including phenoxy) is 2. The molecule has 2 heterocycles. The predicted octanol–water partition coefficient (Wildman–Crippen LogP) is 4.49. The molecule has 7 N–H and O–H groups in total. The second kappa shape index (κ2) is 23.6. The standard InChI is InChI=1S/C23H27O9P.C14H13N7O2.CH4O/c1-3-28-33(27,29-4-2)30-17-18-12-14-19(15-13-18)31-23(26)20-9-5-6-10-21(20)32-22(25)11-7-8-16-24;15-11(22)7-1-3-8(4-2-7)17-5-9-6-18-12-10(19-9)13(23)21-14(16)20-12;1-2/h5-6,9-10,12-16H,3-4,7-8,11,17H2,1-2H3;1-4,6,17H,5H2,(H2,15,22)(H3,16,18,20,21,23);2H,1H3. The first-order valence-corrected chi connectivity index (χ1v) is 19.1. The number of aromatic amines is 1. The zero-order valence-electron chi connectivity index (χ0n) is 31.9. The SMILES string of the molecule is CCOP(=O)(OCC)OCc1ccc(OC(=O)c2ccccc2OC(=O)CCCC=O)cc1.CO.NC(=O)c1ccc(NCc2cnc3nc(N)[nH]c(=O)c3n2)cc1. The van der Waals surface area contributed by atoms with Gasteiger partial charge in [0.05, 0.1) is 38.3 Å². The molecule has 0 saturated carbocycles. The van der Waals surface area contributed by atoms with Crippen LogP contribution in [0, 0.1) is 0 Å². The summed E-state index contributed by atoms with van der Waals surface area (Å²) < 4.78 is 38.4. The maximum absolute atomic E-state index is 12.6. The Morgan fingerprint density at radius 1 is 0.914 bits per heavy atom. The van der Waals surface area contributed by atoms with Gasteiger partial charge >= 0.3 is 19.8 Å². The number of hydrogen-bond acceptors (Lipinski definition) is 17. The van der Waals surface area contributed by atoms with E-state index in [0.29, 0.717) is 29.8 Å². The molecule has 19 nitrogen and oxygen atoms in total. The Balaban J connectivity index is 0.000000314. The van der Waals surface area contributed by atoms with Gasteiger partial charge in [-0.2, -0.15) is 4.98 Å². The number of aldehydes is 1. The Kier molecular flexibility index (Phi) is 18.8. The summed E-state index contributed by atoms with van der Waals surface area (Å²) in [6.45, 7) is 4.07. The maximum Gasteiger partial charge on any atom is 0.475 e. The number of nitrogens with two attached hydrogens (primary N) is 2. The highest BCUT2D eigenvalue weighted by Crippen LogP contribution is 2.49. The van der Waals surface area contributed by atoms with Crippen LogP contribution in [0.5, 0.6) is 11.5 Å². The van der Waals surface area contributed by atoms with Crippen LogP contribution < -0.4 is 31.8 Å². The number of nitrogens with zero attached hydrogens (tertiary/aromatic N) is 3. The summed E-state index contributed by atoms with van der Waals surface area (Å²) in [5.41, 5.74) is 13.0. The van der Waals surface area contributed by atoms with Crippen molar-refractivity contribution in [3.8, 4) is 11.5 Å². The van der Waals surface area contributed by atoms with Gasteiger partial charge in [0.25, 0.3) is 5.56 Å². The van der Waals surface area contributed by atoms with Crippen LogP contribution in [0.15, 0.2) is 83.8 Å². The van der Waals surface area contributed by atoms with E-state index in [9.17, 15) is 28.5 Å². The molecule has 58 heavy (non-hydrogen) atoms. The monoisotopic (exact) mass is 821 g/mol. The van der Waals surface area contributed by atoms with Gasteiger partial charge < -0.3 is 36.2 Å². The smallest absolute Gasteiger partial charge is 0.426 e. The number of esters is 2. The maximum atomic E-state index is 12.6. The lowest BCUT2D eigenvalue weighted by Gasteiger charge is -2.16. The molecule has 0 unspecified atom stereocenters. The van der Waals surface area contributed by atoms with Crippen molar-refractivity contribution in [2.45, 2.75) is 46.3 Å². The van der Waals surface area contributed by atoms with Gasteiger partial charge in [-0.15, -0.1) is 0 Å². The summed E-state index contributed by atoms with van der Waals surface area (Å²) in [6.07, 6.45) is 2.93. The van der Waals surface area contributed by atoms with Gasteiger partial charge in [0.1, 0.15) is 23.3 Å². The number of nitrogens with one attached hydrogen (secondary N) is 2. The van der Waals surface area contributed by atoms with Crippen molar-refractivity contribution in [1.82, 2.24) is 19.9 Å². The fraction of sp³-hybridized carbons (Fsp3) is 0.263. The second-order valence-corrected chi connectivity index (χ2v) is 13.1. The van der Waals surface area contributed by atoms with Gasteiger partial charge in [-0.3, -0.25) is 32.9 Å². The largest absolute Gasteiger partial charge is 0.475 e. The Hall–Kier alpha value is -6.37. The molecule has 0 aliphatic carbocycles. The fourth-order valence-electron chi connectivity index (χ4n) is 4.63. The number of nitrogen functional groups attached to an aromatic ring is 1. The van der Waals surface area contributed by atoms with E-state index < -0.39 is 31.2 Å². The van der Waals surface area contributed by atoms with E-state index in [2.05, 4.69) is 25.3 Å². The fourth-order valence-corrected chi connectivity index (χ4v) is 5.79. The number of amides is 1. The third kappa shape index (κ3) is 14.6. The number of carbonyl (C=O) groups excluding carboxylic acids is 4. The van der Waals surface area contributed by atoms with E-state index in [4.69, 9.17) is 39.6 Å². The number of aliphatic hydroxyl groups excluding tert-OH is 1.